The van der Waals surface area contributed by atoms with E-state index in [0.717, 1.165) is 25.9 Å². The van der Waals surface area contributed by atoms with Crippen LogP contribution in [0.5, 0.6) is 0 Å². The number of nitrogens with one attached hydrogen (secondary N) is 2. The Morgan fingerprint density at radius 3 is 2.56 bits per heavy atom. The number of sulfonamides is 1. The molecule has 2 fully saturated rings. The summed E-state index contributed by atoms with van der Waals surface area (Å²) in [6.45, 7) is 5.09. The van der Waals surface area contributed by atoms with Gasteiger partial charge in [-0.25, -0.2) is 8.42 Å². The molecule has 1 unspecified atom stereocenters. The lowest BCUT2D eigenvalue weighted by Gasteiger charge is -2.32. The number of hydrogen-bond acceptors (Lipinski definition) is 5. The van der Waals surface area contributed by atoms with E-state index in [1.54, 1.807) is 7.05 Å². The highest BCUT2D eigenvalue weighted by atomic mass is 32.2. The topological polar surface area (TPSA) is 96.3 Å². The normalized spacial score (nSPS) is 21.9. The minimum atomic E-state index is -3.50. The van der Waals surface area contributed by atoms with Crippen LogP contribution >= 0.6 is 0 Å². The molecule has 2 saturated heterocycles. The monoisotopic (exact) mass is 397 g/mol. The summed E-state index contributed by atoms with van der Waals surface area (Å²) in [6, 6.07) is 0.0538. The number of rotatable bonds is 6. The van der Waals surface area contributed by atoms with Crippen molar-refractivity contribution in [1.29, 1.82) is 0 Å². The maximum Gasteiger partial charge on any atom is 0.246 e. The van der Waals surface area contributed by atoms with Gasteiger partial charge < -0.3 is 10.6 Å². The third kappa shape index (κ3) is 5.08. The van der Waals surface area contributed by atoms with E-state index < -0.39 is 10.0 Å². The fraction of sp³-hybridized carbons (Fsp3) is 0.778. The van der Waals surface area contributed by atoms with Gasteiger partial charge in [0.25, 0.3) is 0 Å². The van der Waals surface area contributed by atoms with Gasteiger partial charge in [0.1, 0.15) is 4.90 Å². The highest BCUT2D eigenvalue weighted by Gasteiger charge is 2.31. The number of nitrogens with zero attached hydrogens (tertiary/aromatic N) is 3. The number of carbonyl (C=O) groups excluding carboxylic acids is 1. The Hall–Kier alpha value is -1.45. The number of aryl methyl sites for hydroxylation is 1. The fourth-order valence-electron chi connectivity index (χ4n) is 4.08. The van der Waals surface area contributed by atoms with E-state index >= 15 is 0 Å². The molecular weight excluding hydrogens is 366 g/mol. The van der Waals surface area contributed by atoms with Crippen molar-refractivity contribution in [3.05, 3.63) is 12.4 Å². The van der Waals surface area contributed by atoms with Crippen LogP contribution in [0.2, 0.25) is 0 Å². The maximum atomic E-state index is 12.6. The SMILES string of the molecule is CC(CC(=O)NC1CCN(S(=O)(=O)c2cnn(C)c2)CC1)C1CCNCC1. The van der Waals surface area contributed by atoms with Gasteiger partial charge in [-0.05, 0) is 50.6 Å². The summed E-state index contributed by atoms with van der Waals surface area (Å²) in [7, 11) is -1.80. The van der Waals surface area contributed by atoms with E-state index in [9.17, 15) is 13.2 Å². The Labute approximate surface area is 161 Å². The summed E-state index contributed by atoms with van der Waals surface area (Å²) in [4.78, 5) is 12.6. The molecule has 2 aliphatic heterocycles. The second kappa shape index (κ2) is 8.70. The number of carbonyl (C=O) groups is 1. The number of hydrogen-bond donors (Lipinski definition) is 2. The van der Waals surface area contributed by atoms with Crippen molar-refractivity contribution >= 4 is 15.9 Å². The van der Waals surface area contributed by atoms with Crippen LogP contribution in [0.15, 0.2) is 17.3 Å². The number of amides is 1. The van der Waals surface area contributed by atoms with Crippen molar-refractivity contribution in [2.45, 2.75) is 50.0 Å². The molecule has 152 valence electrons. The van der Waals surface area contributed by atoms with Gasteiger partial charge in [0, 0.05) is 38.8 Å². The maximum absolute atomic E-state index is 12.6. The van der Waals surface area contributed by atoms with Crippen LogP contribution in [-0.4, -0.2) is 60.6 Å². The molecule has 3 rings (SSSR count). The van der Waals surface area contributed by atoms with Gasteiger partial charge in [0.05, 0.1) is 6.20 Å². The Bertz CT molecular complexity index is 734. The molecule has 1 amide bonds. The predicted molar refractivity (Wildman–Crippen MR) is 103 cm³/mol. The highest BCUT2D eigenvalue weighted by molar-refractivity contribution is 7.89. The van der Waals surface area contributed by atoms with Crippen LogP contribution in [0, 0.1) is 11.8 Å². The zero-order valence-corrected chi connectivity index (χ0v) is 17.0. The lowest BCUT2D eigenvalue weighted by Crippen LogP contribution is -2.46. The van der Waals surface area contributed by atoms with Crippen molar-refractivity contribution in [1.82, 2.24) is 24.7 Å². The Morgan fingerprint density at radius 1 is 1.30 bits per heavy atom. The fourth-order valence-corrected chi connectivity index (χ4v) is 5.54. The molecule has 0 saturated carbocycles. The van der Waals surface area contributed by atoms with Crippen LogP contribution in [0.3, 0.4) is 0 Å². The molecule has 1 atom stereocenters. The minimum Gasteiger partial charge on any atom is -0.353 e. The second-order valence-electron chi connectivity index (χ2n) is 7.86. The summed E-state index contributed by atoms with van der Waals surface area (Å²) in [6.07, 6.45) is 7.02. The third-order valence-electron chi connectivity index (χ3n) is 5.83. The molecule has 1 aromatic rings. The Kier molecular flexibility index (Phi) is 6.54. The van der Waals surface area contributed by atoms with Crippen molar-refractivity contribution < 1.29 is 13.2 Å². The molecule has 0 bridgehead atoms. The van der Waals surface area contributed by atoms with Gasteiger partial charge in [-0.2, -0.15) is 9.40 Å². The van der Waals surface area contributed by atoms with Gasteiger partial charge >= 0.3 is 0 Å². The smallest absolute Gasteiger partial charge is 0.246 e. The second-order valence-corrected chi connectivity index (χ2v) is 9.80. The molecule has 0 aliphatic carbocycles. The molecule has 2 aliphatic rings. The van der Waals surface area contributed by atoms with Gasteiger partial charge in [0.2, 0.25) is 15.9 Å². The molecule has 2 N–H and O–H groups in total. The molecule has 8 nitrogen and oxygen atoms in total. The quantitative estimate of drug-likeness (QED) is 0.737. The summed E-state index contributed by atoms with van der Waals surface area (Å²) >= 11 is 0. The zero-order valence-electron chi connectivity index (χ0n) is 16.2. The molecular formula is C18H31N5O3S. The zero-order chi connectivity index (χ0) is 19.4. The molecule has 0 spiro atoms. The number of piperidine rings is 2. The summed E-state index contributed by atoms with van der Waals surface area (Å²) in [5.74, 6) is 1.09. The molecule has 0 aromatic carbocycles. The number of aromatic nitrogens is 2. The summed E-state index contributed by atoms with van der Waals surface area (Å²) in [5.41, 5.74) is 0. The van der Waals surface area contributed by atoms with E-state index in [0.29, 0.717) is 44.2 Å². The first-order valence-electron chi connectivity index (χ1n) is 9.85. The van der Waals surface area contributed by atoms with Gasteiger partial charge in [-0.3, -0.25) is 9.48 Å². The van der Waals surface area contributed by atoms with E-state index in [1.165, 1.54) is 21.4 Å². The van der Waals surface area contributed by atoms with Gasteiger partial charge in [-0.1, -0.05) is 6.92 Å². The van der Waals surface area contributed by atoms with Crippen LogP contribution in [0.4, 0.5) is 0 Å². The van der Waals surface area contributed by atoms with E-state index in [4.69, 9.17) is 0 Å². The predicted octanol–water partition coefficient (Wildman–Crippen LogP) is 0.715. The third-order valence-corrected chi connectivity index (χ3v) is 7.69. The summed E-state index contributed by atoms with van der Waals surface area (Å²) < 4.78 is 28.2. The average molecular weight is 398 g/mol. The average Bonchev–Trinajstić information content (AvgIpc) is 3.10. The van der Waals surface area contributed by atoms with Gasteiger partial charge in [-0.15, -0.1) is 0 Å². The molecule has 0 radical (unpaired) electrons. The van der Waals surface area contributed by atoms with E-state index in [-0.39, 0.29) is 16.8 Å². The molecule has 1 aromatic heterocycles. The standard InChI is InChI=1S/C18H31N5O3S/c1-14(15-3-7-19-8-4-15)11-18(24)21-16-5-9-23(10-6-16)27(25,26)17-12-20-22(2)13-17/h12-16,19H,3-11H2,1-2H3,(H,21,24). The van der Waals surface area contributed by atoms with E-state index in [2.05, 4.69) is 22.7 Å². The minimum absolute atomic E-state index is 0.0538. The first-order valence-corrected chi connectivity index (χ1v) is 11.3. The van der Waals surface area contributed by atoms with E-state index in [1.807, 2.05) is 0 Å². The lowest BCUT2D eigenvalue weighted by molar-refractivity contribution is -0.123. The first-order chi connectivity index (χ1) is 12.9. The summed E-state index contributed by atoms with van der Waals surface area (Å²) in [5, 5.41) is 10.4. The van der Waals surface area contributed by atoms with Crippen molar-refractivity contribution in [2.24, 2.45) is 18.9 Å². The largest absolute Gasteiger partial charge is 0.353 e. The Balaban J connectivity index is 1.45. The van der Waals surface area contributed by atoms with Gasteiger partial charge in [0.15, 0.2) is 0 Å². The van der Waals surface area contributed by atoms with Crippen LogP contribution < -0.4 is 10.6 Å². The lowest BCUT2D eigenvalue weighted by atomic mass is 9.84. The first kappa shape index (κ1) is 20.3. The van der Waals surface area contributed by atoms with Crippen LogP contribution in [-0.2, 0) is 21.9 Å². The van der Waals surface area contributed by atoms with Crippen molar-refractivity contribution in [2.75, 3.05) is 26.2 Å². The molecule has 3 heterocycles. The molecule has 27 heavy (non-hydrogen) atoms. The van der Waals surface area contributed by atoms with Crippen LogP contribution in [0.25, 0.3) is 0 Å². The van der Waals surface area contributed by atoms with Crippen molar-refractivity contribution in [3.63, 3.8) is 0 Å². The Morgan fingerprint density at radius 2 is 1.96 bits per heavy atom. The van der Waals surface area contributed by atoms with Crippen LogP contribution in [0.1, 0.15) is 39.0 Å². The highest BCUT2D eigenvalue weighted by Crippen LogP contribution is 2.25. The molecule has 9 heteroatoms. The van der Waals surface area contributed by atoms with Crippen molar-refractivity contribution in [3.8, 4) is 0 Å².